The Hall–Kier alpha value is -2.37. The molecule has 0 atom stereocenters. The van der Waals surface area contributed by atoms with E-state index in [4.69, 9.17) is 16.3 Å². The third-order valence-electron chi connectivity index (χ3n) is 3.89. The molecule has 1 amide bonds. The van der Waals surface area contributed by atoms with E-state index in [-0.39, 0.29) is 12.3 Å². The molecule has 0 saturated heterocycles. The van der Waals surface area contributed by atoms with Gasteiger partial charge in [0, 0.05) is 16.1 Å². The second-order valence-corrected chi connectivity index (χ2v) is 7.53. The summed E-state index contributed by atoms with van der Waals surface area (Å²) in [7, 11) is 0. The number of carbonyl (C=O) groups is 1. The Morgan fingerprint density at radius 2 is 1.89 bits per heavy atom. The lowest BCUT2D eigenvalue weighted by Gasteiger charge is -2.05. The Balaban J connectivity index is 1.49. The van der Waals surface area contributed by atoms with E-state index >= 15 is 0 Å². The molecule has 3 aromatic rings. The quantitative estimate of drug-likeness (QED) is 0.542. The summed E-state index contributed by atoms with van der Waals surface area (Å²) in [6.07, 6.45) is 2.40. The van der Waals surface area contributed by atoms with Gasteiger partial charge in [0.05, 0.1) is 12.1 Å². The average Bonchev–Trinajstić information content (AvgIpc) is 3.10. The highest BCUT2D eigenvalue weighted by Crippen LogP contribution is 2.19. The third-order valence-corrected chi connectivity index (χ3v) is 5.02. The maximum Gasteiger partial charge on any atom is 0.230 e. The van der Waals surface area contributed by atoms with Gasteiger partial charge in [-0.25, -0.2) is 4.98 Å². The van der Waals surface area contributed by atoms with Crippen LogP contribution < -0.4 is 10.1 Å². The van der Waals surface area contributed by atoms with Gasteiger partial charge >= 0.3 is 0 Å². The topological polar surface area (TPSA) is 51.2 Å². The van der Waals surface area contributed by atoms with Crippen LogP contribution in [0.25, 0.3) is 0 Å². The number of anilines is 1. The van der Waals surface area contributed by atoms with Gasteiger partial charge in [-0.05, 0) is 48.4 Å². The van der Waals surface area contributed by atoms with Crippen LogP contribution in [0.3, 0.4) is 0 Å². The molecule has 2 aromatic carbocycles. The van der Waals surface area contributed by atoms with Crippen molar-refractivity contribution in [2.45, 2.75) is 32.8 Å². The van der Waals surface area contributed by atoms with Crippen molar-refractivity contribution < 1.29 is 9.53 Å². The molecule has 0 aliphatic carbocycles. The number of halogens is 1. The number of rotatable bonds is 8. The first kappa shape index (κ1) is 19.4. The standard InChI is InChI=1S/C21H21ClN2O2S/c1-2-3-15-4-8-17(9-5-15)23-20(25)12-18-14-27-21(24-18)13-26-19-10-6-16(22)7-11-19/h4-11,14H,2-3,12-13H2,1H3,(H,23,25). The second kappa shape index (κ2) is 9.53. The number of thiazole rings is 1. The summed E-state index contributed by atoms with van der Waals surface area (Å²) >= 11 is 7.34. The van der Waals surface area contributed by atoms with Crippen LogP contribution >= 0.6 is 22.9 Å². The SMILES string of the molecule is CCCc1ccc(NC(=O)Cc2csc(COc3ccc(Cl)cc3)n2)cc1. The van der Waals surface area contributed by atoms with Gasteiger partial charge in [0.15, 0.2) is 0 Å². The Bertz CT molecular complexity index is 876. The molecular weight excluding hydrogens is 380 g/mol. The Morgan fingerprint density at radius 1 is 1.15 bits per heavy atom. The van der Waals surface area contributed by atoms with Crippen LogP contribution in [-0.4, -0.2) is 10.9 Å². The van der Waals surface area contributed by atoms with Gasteiger partial charge < -0.3 is 10.1 Å². The summed E-state index contributed by atoms with van der Waals surface area (Å²) in [5, 5.41) is 6.31. The van der Waals surface area contributed by atoms with Crippen LogP contribution in [0.2, 0.25) is 5.02 Å². The number of carbonyl (C=O) groups excluding carboxylic acids is 1. The molecule has 0 bridgehead atoms. The smallest absolute Gasteiger partial charge is 0.230 e. The minimum absolute atomic E-state index is 0.0753. The van der Waals surface area contributed by atoms with Crippen LogP contribution in [0.5, 0.6) is 5.75 Å². The van der Waals surface area contributed by atoms with Gasteiger partial charge in [0.1, 0.15) is 17.4 Å². The van der Waals surface area contributed by atoms with Crippen molar-refractivity contribution in [2.75, 3.05) is 5.32 Å². The summed E-state index contributed by atoms with van der Waals surface area (Å²) in [4.78, 5) is 16.7. The van der Waals surface area contributed by atoms with E-state index in [9.17, 15) is 4.79 Å². The highest BCUT2D eigenvalue weighted by molar-refractivity contribution is 7.09. The molecule has 0 radical (unpaired) electrons. The molecule has 1 aromatic heterocycles. The number of nitrogens with one attached hydrogen (secondary N) is 1. The van der Waals surface area contributed by atoms with Crippen molar-refractivity contribution >= 4 is 34.5 Å². The van der Waals surface area contributed by atoms with Crippen molar-refractivity contribution in [1.29, 1.82) is 0 Å². The molecule has 3 rings (SSSR count). The number of amides is 1. The summed E-state index contributed by atoms with van der Waals surface area (Å²) in [5.41, 5.74) is 2.83. The van der Waals surface area contributed by atoms with E-state index in [1.807, 2.05) is 41.8 Å². The number of aromatic nitrogens is 1. The normalized spacial score (nSPS) is 10.6. The fourth-order valence-electron chi connectivity index (χ4n) is 2.59. The van der Waals surface area contributed by atoms with Crippen LogP contribution in [0.15, 0.2) is 53.9 Å². The minimum Gasteiger partial charge on any atom is -0.486 e. The van der Waals surface area contributed by atoms with Gasteiger partial charge in [-0.3, -0.25) is 4.79 Å². The van der Waals surface area contributed by atoms with Crippen molar-refractivity contribution in [1.82, 2.24) is 4.98 Å². The van der Waals surface area contributed by atoms with Gasteiger partial charge in [-0.15, -0.1) is 11.3 Å². The number of nitrogens with zero attached hydrogens (tertiary/aromatic N) is 1. The summed E-state index contributed by atoms with van der Waals surface area (Å²) in [6, 6.07) is 15.2. The van der Waals surface area contributed by atoms with Gasteiger partial charge in [0.2, 0.25) is 5.91 Å². The van der Waals surface area contributed by atoms with E-state index in [0.29, 0.717) is 11.6 Å². The largest absolute Gasteiger partial charge is 0.486 e. The lowest BCUT2D eigenvalue weighted by atomic mass is 10.1. The first-order valence-corrected chi connectivity index (χ1v) is 10.1. The van der Waals surface area contributed by atoms with Gasteiger partial charge in [0.25, 0.3) is 0 Å². The van der Waals surface area contributed by atoms with Gasteiger partial charge in [-0.1, -0.05) is 37.1 Å². The lowest BCUT2D eigenvalue weighted by molar-refractivity contribution is -0.115. The molecule has 4 nitrogen and oxygen atoms in total. The third kappa shape index (κ3) is 6.08. The predicted molar refractivity (Wildman–Crippen MR) is 111 cm³/mol. The number of hydrogen-bond donors (Lipinski definition) is 1. The molecule has 0 aliphatic rings. The highest BCUT2D eigenvalue weighted by Gasteiger charge is 2.09. The monoisotopic (exact) mass is 400 g/mol. The molecule has 0 unspecified atom stereocenters. The zero-order valence-corrected chi connectivity index (χ0v) is 16.6. The first-order valence-electron chi connectivity index (χ1n) is 8.83. The number of ether oxygens (including phenoxy) is 1. The lowest BCUT2D eigenvalue weighted by Crippen LogP contribution is -2.14. The summed E-state index contributed by atoms with van der Waals surface area (Å²) < 4.78 is 5.68. The van der Waals surface area contributed by atoms with E-state index in [1.54, 1.807) is 12.1 Å². The number of hydrogen-bond acceptors (Lipinski definition) is 4. The highest BCUT2D eigenvalue weighted by atomic mass is 35.5. The number of aryl methyl sites for hydroxylation is 1. The van der Waals surface area contributed by atoms with E-state index in [1.165, 1.54) is 16.9 Å². The molecule has 6 heteroatoms. The summed E-state index contributed by atoms with van der Waals surface area (Å²) in [6.45, 7) is 2.52. The van der Waals surface area contributed by atoms with E-state index < -0.39 is 0 Å². The fourth-order valence-corrected chi connectivity index (χ4v) is 3.42. The maximum atomic E-state index is 12.2. The Kier molecular flexibility index (Phi) is 6.85. The average molecular weight is 401 g/mol. The zero-order chi connectivity index (χ0) is 19.1. The van der Waals surface area contributed by atoms with Crippen molar-refractivity contribution in [3.05, 3.63) is 75.2 Å². The van der Waals surface area contributed by atoms with E-state index in [2.05, 4.69) is 17.2 Å². The maximum absolute atomic E-state index is 12.2. The molecule has 0 aliphatic heterocycles. The van der Waals surface area contributed by atoms with Crippen molar-refractivity contribution in [3.63, 3.8) is 0 Å². The van der Waals surface area contributed by atoms with Crippen LogP contribution in [0.4, 0.5) is 5.69 Å². The molecule has 1 N–H and O–H groups in total. The van der Waals surface area contributed by atoms with E-state index in [0.717, 1.165) is 35.0 Å². The van der Waals surface area contributed by atoms with Crippen LogP contribution in [-0.2, 0) is 24.2 Å². The Morgan fingerprint density at radius 3 is 2.59 bits per heavy atom. The second-order valence-electron chi connectivity index (χ2n) is 6.15. The molecule has 0 saturated carbocycles. The van der Waals surface area contributed by atoms with Crippen molar-refractivity contribution in [2.24, 2.45) is 0 Å². The molecule has 140 valence electrons. The van der Waals surface area contributed by atoms with Crippen LogP contribution in [0, 0.1) is 0 Å². The summed E-state index contributed by atoms with van der Waals surface area (Å²) in [5.74, 6) is 0.661. The molecule has 0 fully saturated rings. The molecule has 1 heterocycles. The number of benzene rings is 2. The Labute approximate surface area is 168 Å². The minimum atomic E-state index is -0.0753. The first-order chi connectivity index (χ1) is 13.1. The fraction of sp³-hybridized carbons (Fsp3) is 0.238. The predicted octanol–water partition coefficient (Wildman–Crippen LogP) is 5.51. The zero-order valence-electron chi connectivity index (χ0n) is 15.1. The van der Waals surface area contributed by atoms with Gasteiger partial charge in [-0.2, -0.15) is 0 Å². The molecule has 27 heavy (non-hydrogen) atoms. The van der Waals surface area contributed by atoms with Crippen molar-refractivity contribution in [3.8, 4) is 5.75 Å². The molecular formula is C21H21ClN2O2S. The van der Waals surface area contributed by atoms with Crippen LogP contribution in [0.1, 0.15) is 29.6 Å². The molecule has 0 spiro atoms.